The molecule has 6 heteroatoms. The van der Waals surface area contributed by atoms with E-state index in [-0.39, 0.29) is 18.3 Å². The van der Waals surface area contributed by atoms with Crippen molar-refractivity contribution in [2.24, 2.45) is 5.73 Å². The van der Waals surface area contributed by atoms with Crippen molar-refractivity contribution in [1.29, 1.82) is 0 Å². The number of rotatable bonds is 4. The number of nitrogens with two attached hydrogens (primary N) is 1. The molecule has 3 N–H and O–H groups in total. The lowest BCUT2D eigenvalue weighted by atomic mass is 10.3. The van der Waals surface area contributed by atoms with Crippen molar-refractivity contribution in [3.05, 3.63) is 22.7 Å². The lowest BCUT2D eigenvalue weighted by Gasteiger charge is -2.07. The fourth-order valence-corrected chi connectivity index (χ4v) is 1.64. The van der Waals surface area contributed by atoms with Crippen LogP contribution in [0.15, 0.2) is 22.7 Å². The summed E-state index contributed by atoms with van der Waals surface area (Å²) in [6, 6.07) is 5.34. The molecule has 0 radical (unpaired) electrons. The van der Waals surface area contributed by atoms with Gasteiger partial charge in [0.1, 0.15) is 5.75 Å². The maximum absolute atomic E-state index is 11.2. The van der Waals surface area contributed by atoms with Crippen molar-refractivity contribution >= 4 is 39.9 Å². The van der Waals surface area contributed by atoms with Crippen LogP contribution in [0.4, 0.5) is 5.69 Å². The standard InChI is InChI=1S/C10H13BrN2O2.ClH/c1-15-9-3-2-7(6-8(9)11)13-10(14)4-5-12;/h2-3,6H,4-5,12H2,1H3,(H,13,14);1H. The highest BCUT2D eigenvalue weighted by molar-refractivity contribution is 9.10. The molecule has 0 aliphatic rings. The van der Waals surface area contributed by atoms with E-state index >= 15 is 0 Å². The number of nitrogens with one attached hydrogen (secondary N) is 1. The molecule has 0 fully saturated rings. The Balaban J connectivity index is 0.00000225. The van der Waals surface area contributed by atoms with E-state index in [2.05, 4.69) is 21.2 Å². The molecule has 0 bridgehead atoms. The molecular formula is C10H14BrClN2O2. The lowest BCUT2D eigenvalue weighted by molar-refractivity contribution is -0.116. The molecule has 1 amide bonds. The van der Waals surface area contributed by atoms with E-state index in [9.17, 15) is 4.79 Å². The molecule has 0 spiro atoms. The molecule has 0 atom stereocenters. The first-order valence-electron chi connectivity index (χ1n) is 4.51. The van der Waals surface area contributed by atoms with Gasteiger partial charge in [-0.3, -0.25) is 4.79 Å². The third-order valence-corrected chi connectivity index (χ3v) is 2.43. The predicted octanol–water partition coefficient (Wildman–Crippen LogP) is 2.17. The van der Waals surface area contributed by atoms with Crippen LogP contribution in [0.5, 0.6) is 5.75 Å². The van der Waals surface area contributed by atoms with Crippen LogP contribution in [0.1, 0.15) is 6.42 Å². The Morgan fingerprint density at radius 1 is 1.56 bits per heavy atom. The number of benzene rings is 1. The molecule has 1 aromatic rings. The Morgan fingerprint density at radius 3 is 2.75 bits per heavy atom. The third kappa shape index (κ3) is 4.38. The number of ether oxygens (including phenoxy) is 1. The van der Waals surface area contributed by atoms with Gasteiger partial charge in [-0.15, -0.1) is 12.4 Å². The molecule has 0 saturated heterocycles. The summed E-state index contributed by atoms with van der Waals surface area (Å²) in [5.41, 5.74) is 5.99. The first-order valence-corrected chi connectivity index (χ1v) is 5.30. The maximum Gasteiger partial charge on any atom is 0.225 e. The molecular weight excluding hydrogens is 295 g/mol. The van der Waals surface area contributed by atoms with Crippen LogP contribution >= 0.6 is 28.3 Å². The predicted molar refractivity (Wildman–Crippen MR) is 70.2 cm³/mol. The summed E-state index contributed by atoms with van der Waals surface area (Å²) in [6.45, 7) is 0.350. The minimum absolute atomic E-state index is 0. The minimum Gasteiger partial charge on any atom is -0.496 e. The Bertz CT molecular complexity index is 361. The normalized spacial score (nSPS) is 9.19. The van der Waals surface area contributed by atoms with Crippen LogP contribution in [0.2, 0.25) is 0 Å². The van der Waals surface area contributed by atoms with Crippen LogP contribution in [-0.4, -0.2) is 19.6 Å². The van der Waals surface area contributed by atoms with Crippen molar-refractivity contribution in [3.8, 4) is 5.75 Å². The molecule has 0 aliphatic heterocycles. The van der Waals surface area contributed by atoms with E-state index < -0.39 is 0 Å². The largest absolute Gasteiger partial charge is 0.496 e. The topological polar surface area (TPSA) is 64.3 Å². The number of anilines is 1. The minimum atomic E-state index is -0.0884. The van der Waals surface area contributed by atoms with Gasteiger partial charge < -0.3 is 15.8 Å². The van der Waals surface area contributed by atoms with Gasteiger partial charge in [-0.1, -0.05) is 0 Å². The Labute approximate surface area is 109 Å². The van der Waals surface area contributed by atoms with E-state index in [1.165, 1.54) is 0 Å². The number of amides is 1. The van der Waals surface area contributed by atoms with E-state index in [1.54, 1.807) is 25.3 Å². The number of methoxy groups -OCH3 is 1. The number of hydrogen-bond donors (Lipinski definition) is 2. The van der Waals surface area contributed by atoms with Crippen LogP contribution in [0.3, 0.4) is 0 Å². The number of carbonyl (C=O) groups excluding carboxylic acids is 1. The smallest absolute Gasteiger partial charge is 0.225 e. The Hall–Kier alpha value is -0.780. The highest BCUT2D eigenvalue weighted by atomic mass is 79.9. The zero-order valence-corrected chi connectivity index (χ0v) is 11.2. The summed E-state index contributed by atoms with van der Waals surface area (Å²) in [6.07, 6.45) is 0.323. The van der Waals surface area contributed by atoms with Gasteiger partial charge in [-0.2, -0.15) is 0 Å². The Morgan fingerprint density at radius 2 is 2.25 bits per heavy atom. The van der Waals surface area contributed by atoms with E-state index in [1.807, 2.05) is 0 Å². The second-order valence-electron chi connectivity index (χ2n) is 2.94. The van der Waals surface area contributed by atoms with Crippen LogP contribution in [0.25, 0.3) is 0 Å². The quantitative estimate of drug-likeness (QED) is 0.896. The van der Waals surface area contributed by atoms with Gasteiger partial charge >= 0.3 is 0 Å². The van der Waals surface area contributed by atoms with Gasteiger partial charge in [-0.05, 0) is 34.1 Å². The van der Waals surface area contributed by atoms with Crippen LogP contribution in [0, 0.1) is 0 Å². The van der Waals surface area contributed by atoms with Crippen molar-refractivity contribution in [3.63, 3.8) is 0 Å². The van der Waals surface area contributed by atoms with Gasteiger partial charge in [0, 0.05) is 18.7 Å². The molecule has 4 nitrogen and oxygen atoms in total. The molecule has 1 rings (SSSR count). The SMILES string of the molecule is COc1ccc(NC(=O)CCN)cc1Br.Cl. The summed E-state index contributed by atoms with van der Waals surface area (Å²) in [7, 11) is 1.59. The molecule has 0 aromatic heterocycles. The Kier molecular flexibility index (Phi) is 7.12. The van der Waals surface area contributed by atoms with E-state index in [4.69, 9.17) is 10.5 Å². The van der Waals surface area contributed by atoms with Crippen molar-refractivity contribution in [1.82, 2.24) is 0 Å². The van der Waals surface area contributed by atoms with E-state index in [0.29, 0.717) is 13.0 Å². The molecule has 0 aliphatic carbocycles. The van der Waals surface area contributed by atoms with Crippen molar-refractivity contribution in [2.45, 2.75) is 6.42 Å². The van der Waals surface area contributed by atoms with Gasteiger partial charge in [-0.25, -0.2) is 0 Å². The van der Waals surface area contributed by atoms with Crippen molar-refractivity contribution in [2.75, 3.05) is 19.0 Å². The highest BCUT2D eigenvalue weighted by Crippen LogP contribution is 2.27. The lowest BCUT2D eigenvalue weighted by Crippen LogP contribution is -2.16. The number of halogens is 2. The fraction of sp³-hybridized carbons (Fsp3) is 0.300. The van der Waals surface area contributed by atoms with Gasteiger partial charge in [0.2, 0.25) is 5.91 Å². The maximum atomic E-state index is 11.2. The zero-order chi connectivity index (χ0) is 11.3. The van der Waals surface area contributed by atoms with Crippen LogP contribution in [-0.2, 0) is 4.79 Å². The zero-order valence-electron chi connectivity index (χ0n) is 8.83. The first kappa shape index (κ1) is 15.2. The van der Waals surface area contributed by atoms with E-state index in [0.717, 1.165) is 15.9 Å². The monoisotopic (exact) mass is 308 g/mol. The summed E-state index contributed by atoms with van der Waals surface area (Å²) in [5.74, 6) is 0.640. The summed E-state index contributed by atoms with van der Waals surface area (Å²) in [5, 5.41) is 2.73. The molecule has 90 valence electrons. The van der Waals surface area contributed by atoms with Gasteiger partial charge in [0.25, 0.3) is 0 Å². The molecule has 0 unspecified atom stereocenters. The molecule has 16 heavy (non-hydrogen) atoms. The number of hydrogen-bond acceptors (Lipinski definition) is 3. The first-order chi connectivity index (χ1) is 7.17. The third-order valence-electron chi connectivity index (χ3n) is 1.81. The molecule has 0 heterocycles. The van der Waals surface area contributed by atoms with Crippen LogP contribution < -0.4 is 15.8 Å². The summed E-state index contributed by atoms with van der Waals surface area (Å²) in [4.78, 5) is 11.2. The van der Waals surface area contributed by atoms with Crippen molar-refractivity contribution < 1.29 is 9.53 Å². The summed E-state index contributed by atoms with van der Waals surface area (Å²) < 4.78 is 5.87. The average molecular weight is 310 g/mol. The average Bonchev–Trinajstić information content (AvgIpc) is 2.18. The van der Waals surface area contributed by atoms with Gasteiger partial charge in [0.15, 0.2) is 0 Å². The highest BCUT2D eigenvalue weighted by Gasteiger charge is 2.04. The van der Waals surface area contributed by atoms with Gasteiger partial charge in [0.05, 0.1) is 11.6 Å². The molecule has 1 aromatic carbocycles. The second-order valence-corrected chi connectivity index (χ2v) is 3.79. The fourth-order valence-electron chi connectivity index (χ4n) is 1.10. The second kappa shape index (κ2) is 7.49. The summed E-state index contributed by atoms with van der Waals surface area (Å²) >= 11 is 3.34. The molecule has 0 saturated carbocycles. The number of carbonyl (C=O) groups is 1.